The van der Waals surface area contributed by atoms with E-state index in [4.69, 9.17) is 0 Å². The highest BCUT2D eigenvalue weighted by molar-refractivity contribution is 5.29. The van der Waals surface area contributed by atoms with E-state index < -0.39 is 0 Å². The third-order valence-corrected chi connectivity index (χ3v) is 5.25. The van der Waals surface area contributed by atoms with Crippen molar-refractivity contribution in [3.8, 4) is 0 Å². The molecule has 1 aliphatic rings. The molecule has 1 aromatic carbocycles. The van der Waals surface area contributed by atoms with Crippen molar-refractivity contribution in [3.05, 3.63) is 35.4 Å². The molecule has 1 fully saturated rings. The second-order valence-electron chi connectivity index (χ2n) is 6.65. The first-order valence-electron chi connectivity index (χ1n) is 8.63. The molecule has 2 rings (SSSR count). The van der Waals surface area contributed by atoms with Crippen LogP contribution in [0.4, 0.5) is 0 Å². The van der Waals surface area contributed by atoms with Gasteiger partial charge >= 0.3 is 0 Å². The molecule has 0 spiro atoms. The van der Waals surface area contributed by atoms with Gasteiger partial charge in [0, 0.05) is 5.54 Å². The molecular weight excluding hydrogens is 256 g/mol. The van der Waals surface area contributed by atoms with Crippen molar-refractivity contribution in [2.24, 2.45) is 0 Å². The van der Waals surface area contributed by atoms with Gasteiger partial charge < -0.3 is 10.2 Å². The van der Waals surface area contributed by atoms with E-state index in [0.29, 0.717) is 6.04 Å². The van der Waals surface area contributed by atoms with Crippen LogP contribution < -0.4 is 5.32 Å². The van der Waals surface area contributed by atoms with Crippen LogP contribution in [-0.2, 0) is 6.42 Å². The Bertz CT molecular complexity index is 433. The van der Waals surface area contributed by atoms with Crippen LogP contribution in [-0.4, -0.2) is 31.1 Å². The normalized spacial score (nSPS) is 19.7. The first-order chi connectivity index (χ1) is 10.1. The molecule has 0 radical (unpaired) electrons. The molecule has 0 heterocycles. The van der Waals surface area contributed by atoms with Crippen molar-refractivity contribution >= 4 is 0 Å². The Hall–Kier alpha value is -0.860. The van der Waals surface area contributed by atoms with Crippen LogP contribution in [0.5, 0.6) is 0 Å². The molecule has 1 aromatic rings. The van der Waals surface area contributed by atoms with Crippen molar-refractivity contribution in [3.63, 3.8) is 0 Å². The fourth-order valence-corrected chi connectivity index (χ4v) is 3.97. The van der Waals surface area contributed by atoms with Crippen LogP contribution in [0.25, 0.3) is 0 Å². The Labute approximate surface area is 130 Å². The van der Waals surface area contributed by atoms with E-state index in [0.717, 1.165) is 13.0 Å². The van der Waals surface area contributed by atoms with Crippen LogP contribution in [0.1, 0.15) is 63.1 Å². The number of hydrogen-bond donors (Lipinski definition) is 1. The molecule has 0 amide bonds. The molecule has 1 aliphatic carbocycles. The molecule has 2 nitrogen and oxygen atoms in total. The lowest BCUT2D eigenvalue weighted by Gasteiger charge is -2.49. The highest BCUT2D eigenvalue weighted by Gasteiger charge is 2.42. The molecule has 1 N–H and O–H groups in total. The Balaban J connectivity index is 2.39. The fourth-order valence-electron chi connectivity index (χ4n) is 3.97. The highest BCUT2D eigenvalue weighted by Crippen LogP contribution is 2.42. The predicted octanol–water partition coefficient (Wildman–Crippen LogP) is 4.16. The van der Waals surface area contributed by atoms with Gasteiger partial charge in [-0.2, -0.15) is 0 Å². The highest BCUT2D eigenvalue weighted by atomic mass is 15.2. The van der Waals surface area contributed by atoms with E-state index >= 15 is 0 Å². The third-order valence-electron chi connectivity index (χ3n) is 5.25. The van der Waals surface area contributed by atoms with Gasteiger partial charge in [0.2, 0.25) is 0 Å². The summed E-state index contributed by atoms with van der Waals surface area (Å²) in [4.78, 5) is 2.48. The number of nitrogens with zero attached hydrogens (tertiary/aromatic N) is 1. The van der Waals surface area contributed by atoms with E-state index in [1.165, 1.54) is 43.2 Å². The molecule has 0 saturated heterocycles. The van der Waals surface area contributed by atoms with Crippen LogP contribution in [0, 0.1) is 0 Å². The average molecular weight is 288 g/mol. The van der Waals surface area contributed by atoms with E-state index in [-0.39, 0.29) is 5.54 Å². The second kappa shape index (κ2) is 7.42. The lowest BCUT2D eigenvalue weighted by Crippen LogP contribution is -2.54. The van der Waals surface area contributed by atoms with Crippen molar-refractivity contribution in [1.29, 1.82) is 0 Å². The zero-order chi connectivity index (χ0) is 15.3. The molecular formula is C19H32N2. The molecule has 0 aromatic heterocycles. The molecule has 21 heavy (non-hydrogen) atoms. The van der Waals surface area contributed by atoms with Crippen LogP contribution in [0.15, 0.2) is 24.3 Å². The number of nitrogens with one attached hydrogen (secondary N) is 1. The van der Waals surface area contributed by atoms with Gasteiger partial charge in [-0.25, -0.2) is 0 Å². The average Bonchev–Trinajstić information content (AvgIpc) is 2.53. The van der Waals surface area contributed by atoms with Crippen molar-refractivity contribution in [1.82, 2.24) is 10.2 Å². The van der Waals surface area contributed by atoms with E-state index in [2.05, 4.69) is 62.4 Å². The first kappa shape index (κ1) is 16.5. The standard InChI is InChI=1S/C19H32N2/c1-5-16-11-10-12-17(15-16)18(20-6-2)19(21(3)4)13-8-7-9-14-19/h10-12,15,18,20H,5-9,13-14H2,1-4H3. The molecule has 2 heteroatoms. The van der Waals surface area contributed by atoms with Crippen LogP contribution in [0.2, 0.25) is 0 Å². The van der Waals surface area contributed by atoms with Gasteiger partial charge in [-0.3, -0.25) is 0 Å². The lowest BCUT2D eigenvalue weighted by molar-refractivity contribution is 0.0570. The Kier molecular flexibility index (Phi) is 5.83. The van der Waals surface area contributed by atoms with Crippen LogP contribution in [0.3, 0.4) is 0 Å². The summed E-state index contributed by atoms with van der Waals surface area (Å²) in [5.41, 5.74) is 3.17. The minimum atomic E-state index is 0.265. The summed E-state index contributed by atoms with van der Waals surface area (Å²) in [5, 5.41) is 3.80. The van der Waals surface area contributed by atoms with Gasteiger partial charge in [-0.1, -0.05) is 57.4 Å². The maximum Gasteiger partial charge on any atom is 0.0506 e. The van der Waals surface area contributed by atoms with Crippen molar-refractivity contribution in [2.75, 3.05) is 20.6 Å². The maximum absolute atomic E-state index is 3.80. The number of aryl methyl sites for hydroxylation is 1. The third kappa shape index (κ3) is 3.49. The number of benzene rings is 1. The SMILES string of the molecule is CCNC(c1cccc(CC)c1)C1(N(C)C)CCCCC1. The summed E-state index contributed by atoms with van der Waals surface area (Å²) in [5.74, 6) is 0. The molecule has 0 aliphatic heterocycles. The lowest BCUT2D eigenvalue weighted by atomic mass is 9.73. The number of rotatable bonds is 6. The molecule has 1 saturated carbocycles. The smallest absolute Gasteiger partial charge is 0.0506 e. The zero-order valence-electron chi connectivity index (χ0n) is 14.3. The Morgan fingerprint density at radius 3 is 2.43 bits per heavy atom. The second-order valence-corrected chi connectivity index (χ2v) is 6.65. The summed E-state index contributed by atoms with van der Waals surface area (Å²) >= 11 is 0. The summed E-state index contributed by atoms with van der Waals surface area (Å²) in [6, 6.07) is 9.63. The minimum Gasteiger partial charge on any atom is -0.309 e. The Morgan fingerprint density at radius 1 is 1.14 bits per heavy atom. The summed E-state index contributed by atoms with van der Waals surface area (Å²) in [6.45, 7) is 5.49. The quantitative estimate of drug-likeness (QED) is 0.845. The topological polar surface area (TPSA) is 15.3 Å². The van der Waals surface area contributed by atoms with E-state index in [9.17, 15) is 0 Å². The minimum absolute atomic E-state index is 0.265. The van der Waals surface area contributed by atoms with Crippen molar-refractivity contribution < 1.29 is 0 Å². The van der Waals surface area contributed by atoms with Crippen molar-refractivity contribution in [2.45, 2.75) is 64.0 Å². The van der Waals surface area contributed by atoms with Gasteiger partial charge in [-0.05, 0) is 51.0 Å². The largest absolute Gasteiger partial charge is 0.309 e. The van der Waals surface area contributed by atoms with Gasteiger partial charge in [0.25, 0.3) is 0 Å². The number of likely N-dealkylation sites (N-methyl/N-ethyl adjacent to an activating group) is 2. The molecule has 1 unspecified atom stereocenters. The van der Waals surface area contributed by atoms with E-state index in [1.807, 2.05) is 0 Å². The number of hydrogen-bond acceptors (Lipinski definition) is 2. The zero-order valence-corrected chi connectivity index (χ0v) is 14.3. The van der Waals surface area contributed by atoms with Crippen LogP contribution >= 0.6 is 0 Å². The van der Waals surface area contributed by atoms with Gasteiger partial charge in [0.15, 0.2) is 0 Å². The summed E-state index contributed by atoms with van der Waals surface area (Å²) < 4.78 is 0. The fraction of sp³-hybridized carbons (Fsp3) is 0.684. The Morgan fingerprint density at radius 2 is 1.86 bits per heavy atom. The van der Waals surface area contributed by atoms with Gasteiger partial charge in [-0.15, -0.1) is 0 Å². The van der Waals surface area contributed by atoms with Gasteiger partial charge in [0.05, 0.1) is 6.04 Å². The molecule has 0 bridgehead atoms. The predicted molar refractivity (Wildman–Crippen MR) is 91.7 cm³/mol. The first-order valence-corrected chi connectivity index (χ1v) is 8.63. The summed E-state index contributed by atoms with van der Waals surface area (Å²) in [6.07, 6.45) is 7.81. The maximum atomic E-state index is 3.80. The summed E-state index contributed by atoms with van der Waals surface area (Å²) in [7, 11) is 4.53. The molecule has 1 atom stereocenters. The van der Waals surface area contributed by atoms with Gasteiger partial charge in [0.1, 0.15) is 0 Å². The van der Waals surface area contributed by atoms with E-state index in [1.54, 1.807) is 0 Å². The molecule has 118 valence electrons. The monoisotopic (exact) mass is 288 g/mol.